The first kappa shape index (κ1) is 21.6. The normalized spacial score (nSPS) is 17.8. The number of carbonyl (C=O) groups is 2. The predicted octanol–water partition coefficient (Wildman–Crippen LogP) is 6.25. The van der Waals surface area contributed by atoms with Crippen molar-refractivity contribution in [1.29, 1.82) is 0 Å². The van der Waals surface area contributed by atoms with Gasteiger partial charge < -0.3 is 5.11 Å². The van der Waals surface area contributed by atoms with E-state index in [1.165, 1.54) is 21.8 Å². The number of halogens is 1. The number of hydrogen-bond donors (Lipinski definition) is 1. The fourth-order valence-electron chi connectivity index (χ4n) is 4.05. The van der Waals surface area contributed by atoms with Crippen molar-refractivity contribution in [3.8, 4) is 0 Å². The lowest BCUT2D eigenvalue weighted by molar-refractivity contribution is -0.132. The molecule has 1 aromatic heterocycles. The van der Waals surface area contributed by atoms with Crippen LogP contribution in [0.25, 0.3) is 16.0 Å². The number of aliphatic hydroxyl groups is 1. The van der Waals surface area contributed by atoms with Crippen LogP contribution in [0.15, 0.2) is 82.8 Å². The summed E-state index contributed by atoms with van der Waals surface area (Å²) in [4.78, 5) is 32.6. The molecule has 0 radical (unpaired) electrons. The van der Waals surface area contributed by atoms with E-state index in [1.807, 2.05) is 42.5 Å². The number of aryl methyl sites for hydroxylation is 1. The van der Waals surface area contributed by atoms with E-state index in [1.54, 1.807) is 24.3 Å². The molecule has 164 valence electrons. The van der Waals surface area contributed by atoms with Gasteiger partial charge in [0.05, 0.1) is 21.8 Å². The highest BCUT2D eigenvalue weighted by molar-refractivity contribution is 9.10. The summed E-state index contributed by atoms with van der Waals surface area (Å²) < 4.78 is 1.75. The van der Waals surface area contributed by atoms with E-state index in [4.69, 9.17) is 0 Å². The molecule has 0 spiro atoms. The Balaban J connectivity index is 1.73. The second kappa shape index (κ2) is 8.57. The summed E-state index contributed by atoms with van der Waals surface area (Å²) in [7, 11) is 0. The fraction of sp³-hybridized carbons (Fsp3) is 0.115. The van der Waals surface area contributed by atoms with E-state index < -0.39 is 17.7 Å². The summed E-state index contributed by atoms with van der Waals surface area (Å²) in [6.07, 6.45) is 0.892. The maximum absolute atomic E-state index is 13.3. The number of amides is 1. The molecule has 1 N–H and O–H groups in total. The van der Waals surface area contributed by atoms with Gasteiger partial charge in [0.2, 0.25) is 0 Å². The SMILES string of the molecule is CCc1ccc2nc(N3C(=O)C(=O)C(=C(O)c4ccccc4)C3c3cccc(Br)c3)sc2c1. The Morgan fingerprint density at radius 2 is 1.85 bits per heavy atom. The smallest absolute Gasteiger partial charge is 0.301 e. The molecule has 1 unspecified atom stereocenters. The average Bonchev–Trinajstić information content (AvgIpc) is 3.37. The number of carbonyl (C=O) groups excluding carboxylic acids is 2. The number of aromatic nitrogens is 1. The van der Waals surface area contributed by atoms with Gasteiger partial charge in [-0.15, -0.1) is 0 Å². The Labute approximate surface area is 203 Å². The second-order valence-corrected chi connectivity index (χ2v) is 9.67. The molecule has 1 aliphatic rings. The molecule has 1 amide bonds. The topological polar surface area (TPSA) is 70.5 Å². The molecule has 5 rings (SSSR count). The number of Topliss-reactive ketones (excluding diaryl/α,β-unsaturated/α-hetero) is 1. The lowest BCUT2D eigenvalue weighted by Crippen LogP contribution is -2.29. The fourth-order valence-corrected chi connectivity index (χ4v) is 5.53. The highest BCUT2D eigenvalue weighted by Gasteiger charge is 2.48. The number of aliphatic hydroxyl groups excluding tert-OH is 1. The number of thiazole rings is 1. The van der Waals surface area contributed by atoms with E-state index in [0.29, 0.717) is 16.3 Å². The van der Waals surface area contributed by atoms with Gasteiger partial charge in [0.15, 0.2) is 5.13 Å². The summed E-state index contributed by atoms with van der Waals surface area (Å²) in [6.45, 7) is 2.08. The number of rotatable bonds is 4. The van der Waals surface area contributed by atoms with Crippen molar-refractivity contribution in [3.05, 3.63) is 99.5 Å². The number of fused-ring (bicyclic) bond motifs is 1. The van der Waals surface area contributed by atoms with Crippen molar-refractivity contribution in [3.63, 3.8) is 0 Å². The summed E-state index contributed by atoms with van der Waals surface area (Å²) in [5.74, 6) is -1.63. The maximum Gasteiger partial charge on any atom is 0.301 e. The van der Waals surface area contributed by atoms with Crippen molar-refractivity contribution < 1.29 is 14.7 Å². The first-order chi connectivity index (χ1) is 16.0. The molecular formula is C26H19BrN2O3S. The summed E-state index contributed by atoms with van der Waals surface area (Å²) >= 11 is 4.85. The van der Waals surface area contributed by atoms with Crippen LogP contribution >= 0.6 is 27.3 Å². The second-order valence-electron chi connectivity index (χ2n) is 7.74. The molecule has 7 heteroatoms. The number of nitrogens with zero attached hydrogens (tertiary/aromatic N) is 2. The molecule has 2 heterocycles. The summed E-state index contributed by atoms with van der Waals surface area (Å²) in [5, 5.41) is 11.6. The molecule has 1 saturated heterocycles. The average molecular weight is 519 g/mol. The predicted molar refractivity (Wildman–Crippen MR) is 134 cm³/mol. The Morgan fingerprint density at radius 3 is 2.58 bits per heavy atom. The summed E-state index contributed by atoms with van der Waals surface area (Å²) in [5.41, 5.74) is 3.18. The molecule has 1 fully saturated rings. The third-order valence-corrected chi connectivity index (χ3v) is 7.22. The Bertz CT molecular complexity index is 1430. The Morgan fingerprint density at radius 1 is 1.06 bits per heavy atom. The highest BCUT2D eigenvalue weighted by atomic mass is 79.9. The zero-order valence-electron chi connectivity index (χ0n) is 17.7. The van der Waals surface area contributed by atoms with Crippen LogP contribution in [0.3, 0.4) is 0 Å². The third-order valence-electron chi connectivity index (χ3n) is 5.71. The van der Waals surface area contributed by atoms with Gasteiger partial charge in [0, 0.05) is 10.0 Å². The standard InChI is InChI=1S/C26H19BrN2O3S/c1-2-15-11-12-19-20(13-15)33-26(28-19)29-22(17-9-6-10-18(27)14-17)21(24(31)25(29)32)23(30)16-7-4-3-5-8-16/h3-14,22,30H,2H2,1H3. The van der Waals surface area contributed by atoms with Crippen LogP contribution in [0.4, 0.5) is 5.13 Å². The van der Waals surface area contributed by atoms with Crippen molar-refractivity contribution in [2.75, 3.05) is 4.90 Å². The van der Waals surface area contributed by atoms with Crippen LogP contribution in [0.2, 0.25) is 0 Å². The minimum absolute atomic E-state index is 0.0535. The third kappa shape index (κ3) is 3.77. The van der Waals surface area contributed by atoms with Crippen LogP contribution in [-0.4, -0.2) is 21.8 Å². The molecule has 0 saturated carbocycles. The van der Waals surface area contributed by atoms with Gasteiger partial charge in [0.1, 0.15) is 5.76 Å². The van der Waals surface area contributed by atoms with Crippen LogP contribution in [0, 0.1) is 0 Å². The van der Waals surface area contributed by atoms with E-state index in [2.05, 4.69) is 33.9 Å². The molecule has 0 aliphatic carbocycles. The first-order valence-corrected chi connectivity index (χ1v) is 12.1. The molecule has 3 aromatic carbocycles. The molecule has 1 aliphatic heterocycles. The van der Waals surface area contributed by atoms with Gasteiger partial charge in [0.25, 0.3) is 5.78 Å². The van der Waals surface area contributed by atoms with Crippen molar-refractivity contribution >= 4 is 60.1 Å². The molecule has 33 heavy (non-hydrogen) atoms. The Kier molecular flexibility index (Phi) is 5.60. The van der Waals surface area contributed by atoms with Crippen molar-refractivity contribution in [2.24, 2.45) is 0 Å². The molecule has 4 aromatic rings. The van der Waals surface area contributed by atoms with Crippen LogP contribution in [-0.2, 0) is 16.0 Å². The van der Waals surface area contributed by atoms with Gasteiger partial charge in [-0.1, -0.05) is 82.7 Å². The first-order valence-electron chi connectivity index (χ1n) is 10.5. The minimum Gasteiger partial charge on any atom is -0.507 e. The van der Waals surface area contributed by atoms with E-state index in [-0.39, 0.29) is 11.3 Å². The monoisotopic (exact) mass is 518 g/mol. The number of benzene rings is 3. The van der Waals surface area contributed by atoms with E-state index in [0.717, 1.165) is 21.1 Å². The highest BCUT2D eigenvalue weighted by Crippen LogP contribution is 2.44. The summed E-state index contributed by atoms with van der Waals surface area (Å²) in [6, 6.07) is 21.4. The zero-order valence-corrected chi connectivity index (χ0v) is 20.1. The van der Waals surface area contributed by atoms with E-state index in [9.17, 15) is 14.7 Å². The van der Waals surface area contributed by atoms with Crippen molar-refractivity contribution in [2.45, 2.75) is 19.4 Å². The lowest BCUT2D eigenvalue weighted by Gasteiger charge is -2.23. The number of ketones is 1. The minimum atomic E-state index is -0.797. The van der Waals surface area contributed by atoms with Crippen LogP contribution in [0.1, 0.15) is 29.7 Å². The largest absolute Gasteiger partial charge is 0.507 e. The molecule has 5 nitrogen and oxygen atoms in total. The van der Waals surface area contributed by atoms with Crippen LogP contribution < -0.4 is 4.90 Å². The number of hydrogen-bond acceptors (Lipinski definition) is 5. The van der Waals surface area contributed by atoms with Gasteiger partial charge in [-0.3, -0.25) is 14.5 Å². The Hall–Kier alpha value is -3.29. The quantitative estimate of drug-likeness (QED) is 0.197. The van der Waals surface area contributed by atoms with Gasteiger partial charge >= 0.3 is 5.91 Å². The zero-order chi connectivity index (χ0) is 23.1. The van der Waals surface area contributed by atoms with Crippen LogP contribution in [0.5, 0.6) is 0 Å². The van der Waals surface area contributed by atoms with Gasteiger partial charge in [-0.05, 0) is 41.8 Å². The molecule has 0 bridgehead atoms. The maximum atomic E-state index is 13.3. The molecular weight excluding hydrogens is 500 g/mol. The van der Waals surface area contributed by atoms with Gasteiger partial charge in [-0.2, -0.15) is 0 Å². The van der Waals surface area contributed by atoms with Gasteiger partial charge in [-0.25, -0.2) is 4.98 Å². The molecule has 1 atom stereocenters. The number of anilines is 1. The van der Waals surface area contributed by atoms with Crippen molar-refractivity contribution in [1.82, 2.24) is 4.98 Å². The lowest BCUT2D eigenvalue weighted by atomic mass is 9.95. The van der Waals surface area contributed by atoms with E-state index >= 15 is 0 Å².